The highest BCUT2D eigenvalue weighted by Gasteiger charge is 2.18. The molecule has 1 saturated heterocycles. The minimum absolute atomic E-state index is 0.185. The summed E-state index contributed by atoms with van der Waals surface area (Å²) in [6.45, 7) is 9.83. The van der Waals surface area contributed by atoms with Gasteiger partial charge >= 0.3 is 0 Å². The number of benzene rings is 1. The molecule has 2 N–H and O–H groups in total. The zero-order chi connectivity index (χ0) is 13.9. The molecular weight excluding hydrogens is 236 g/mol. The summed E-state index contributed by atoms with van der Waals surface area (Å²) in [4.78, 5) is 2.37. The number of aliphatic hydroxyl groups excluding tert-OH is 1. The smallest absolute Gasteiger partial charge is 0.0601 e. The van der Waals surface area contributed by atoms with E-state index >= 15 is 0 Å². The first-order valence-corrected chi connectivity index (χ1v) is 7.20. The fraction of sp³-hybridized carbons (Fsp3) is 0.625. The molecule has 0 saturated carbocycles. The molecule has 19 heavy (non-hydrogen) atoms. The molecule has 1 heterocycles. The van der Waals surface area contributed by atoms with Crippen molar-refractivity contribution in [3.8, 4) is 0 Å². The molecule has 106 valence electrons. The Labute approximate surface area is 116 Å². The minimum Gasteiger partial charge on any atom is -0.395 e. The third-order valence-corrected chi connectivity index (χ3v) is 3.80. The molecule has 0 radical (unpaired) electrons. The molecule has 2 rings (SSSR count). The second kappa shape index (κ2) is 5.93. The van der Waals surface area contributed by atoms with Crippen LogP contribution in [0.5, 0.6) is 0 Å². The van der Waals surface area contributed by atoms with Crippen LogP contribution in [0, 0.1) is 0 Å². The molecule has 3 heteroatoms. The Bertz CT molecular complexity index is 394. The Morgan fingerprint density at radius 2 is 1.95 bits per heavy atom. The van der Waals surface area contributed by atoms with Gasteiger partial charge in [-0.15, -0.1) is 0 Å². The topological polar surface area (TPSA) is 35.5 Å². The molecular formula is C16H26N2O. The Morgan fingerprint density at radius 1 is 1.26 bits per heavy atom. The lowest BCUT2D eigenvalue weighted by atomic mass is 9.87. The highest BCUT2D eigenvalue weighted by Crippen LogP contribution is 2.25. The monoisotopic (exact) mass is 262 g/mol. The third kappa shape index (κ3) is 3.71. The highest BCUT2D eigenvalue weighted by molar-refractivity contribution is 5.49. The van der Waals surface area contributed by atoms with Gasteiger partial charge in [0.15, 0.2) is 0 Å². The largest absolute Gasteiger partial charge is 0.395 e. The van der Waals surface area contributed by atoms with Gasteiger partial charge in [-0.1, -0.05) is 32.9 Å². The van der Waals surface area contributed by atoms with Crippen LogP contribution in [-0.4, -0.2) is 37.4 Å². The first-order valence-electron chi connectivity index (χ1n) is 7.20. The highest BCUT2D eigenvalue weighted by atomic mass is 16.3. The predicted octanol–water partition coefficient (Wildman–Crippen LogP) is 2.14. The van der Waals surface area contributed by atoms with Crippen molar-refractivity contribution in [2.75, 3.05) is 31.1 Å². The van der Waals surface area contributed by atoms with Gasteiger partial charge < -0.3 is 15.3 Å². The van der Waals surface area contributed by atoms with E-state index in [1.54, 1.807) is 0 Å². The van der Waals surface area contributed by atoms with E-state index in [1.165, 1.54) is 11.3 Å². The van der Waals surface area contributed by atoms with Crippen LogP contribution in [0.2, 0.25) is 0 Å². The van der Waals surface area contributed by atoms with Crippen LogP contribution in [0.4, 0.5) is 5.69 Å². The molecule has 0 spiro atoms. The lowest BCUT2D eigenvalue weighted by molar-refractivity contribution is 0.248. The molecule has 1 aliphatic rings. The van der Waals surface area contributed by atoms with Crippen molar-refractivity contribution in [3.63, 3.8) is 0 Å². The van der Waals surface area contributed by atoms with Crippen molar-refractivity contribution in [2.24, 2.45) is 0 Å². The van der Waals surface area contributed by atoms with E-state index < -0.39 is 0 Å². The summed E-state index contributed by atoms with van der Waals surface area (Å²) in [6.07, 6.45) is 1.12. The molecule has 1 aromatic rings. The number of nitrogens with one attached hydrogen (secondary N) is 1. The Kier molecular flexibility index (Phi) is 4.48. The number of anilines is 1. The van der Waals surface area contributed by atoms with Gasteiger partial charge in [-0.3, -0.25) is 0 Å². The van der Waals surface area contributed by atoms with E-state index in [9.17, 15) is 5.11 Å². The van der Waals surface area contributed by atoms with E-state index in [0.29, 0.717) is 0 Å². The van der Waals surface area contributed by atoms with E-state index in [0.717, 1.165) is 26.1 Å². The van der Waals surface area contributed by atoms with Gasteiger partial charge in [-0.2, -0.15) is 0 Å². The fourth-order valence-electron chi connectivity index (χ4n) is 2.53. The predicted molar refractivity (Wildman–Crippen MR) is 80.8 cm³/mol. The van der Waals surface area contributed by atoms with Crippen LogP contribution in [0.3, 0.4) is 0 Å². The lowest BCUT2D eigenvalue weighted by Gasteiger charge is -2.27. The standard InChI is InChI=1S/C16H26N2O/c1-16(2,3)13-5-7-15(8-6-13)18-10-4-9-17-14(11-18)12-19/h5-8,14,17,19H,4,9-12H2,1-3H3. The molecule has 0 amide bonds. The third-order valence-electron chi connectivity index (χ3n) is 3.80. The van der Waals surface area contributed by atoms with Crippen LogP contribution in [0.1, 0.15) is 32.8 Å². The Morgan fingerprint density at radius 3 is 2.53 bits per heavy atom. The number of nitrogens with zero attached hydrogens (tertiary/aromatic N) is 1. The normalized spacial score (nSPS) is 21.3. The fourth-order valence-corrected chi connectivity index (χ4v) is 2.53. The zero-order valence-electron chi connectivity index (χ0n) is 12.3. The van der Waals surface area contributed by atoms with Crippen LogP contribution in [0.25, 0.3) is 0 Å². The van der Waals surface area contributed by atoms with E-state index in [2.05, 4.69) is 55.3 Å². The van der Waals surface area contributed by atoms with Gasteiger partial charge in [0.1, 0.15) is 0 Å². The molecule has 0 aliphatic carbocycles. The molecule has 1 aliphatic heterocycles. The lowest BCUT2D eigenvalue weighted by Crippen LogP contribution is -2.40. The van der Waals surface area contributed by atoms with Crippen molar-refractivity contribution in [1.29, 1.82) is 0 Å². The van der Waals surface area contributed by atoms with Crippen molar-refractivity contribution in [3.05, 3.63) is 29.8 Å². The van der Waals surface area contributed by atoms with Gasteiger partial charge in [0, 0.05) is 24.8 Å². The maximum atomic E-state index is 9.34. The Balaban J connectivity index is 2.12. The molecule has 3 nitrogen and oxygen atoms in total. The van der Waals surface area contributed by atoms with Gasteiger partial charge in [0.2, 0.25) is 0 Å². The summed E-state index contributed by atoms with van der Waals surface area (Å²) in [7, 11) is 0. The molecule has 0 bridgehead atoms. The molecule has 1 atom stereocenters. The van der Waals surface area contributed by atoms with Crippen LogP contribution < -0.4 is 10.2 Å². The molecule has 0 aromatic heterocycles. The summed E-state index contributed by atoms with van der Waals surface area (Å²) in [5, 5.41) is 12.7. The summed E-state index contributed by atoms with van der Waals surface area (Å²) in [6, 6.07) is 9.05. The van der Waals surface area contributed by atoms with E-state index in [-0.39, 0.29) is 18.1 Å². The number of rotatable bonds is 2. The summed E-state index contributed by atoms with van der Waals surface area (Å²) in [5.41, 5.74) is 2.82. The van der Waals surface area contributed by atoms with Gasteiger partial charge in [-0.25, -0.2) is 0 Å². The van der Waals surface area contributed by atoms with Gasteiger partial charge in [-0.05, 0) is 36.1 Å². The number of hydrogen-bond acceptors (Lipinski definition) is 3. The van der Waals surface area contributed by atoms with Crippen LogP contribution in [0.15, 0.2) is 24.3 Å². The number of aliphatic hydroxyl groups is 1. The van der Waals surface area contributed by atoms with Crippen molar-refractivity contribution in [2.45, 2.75) is 38.6 Å². The van der Waals surface area contributed by atoms with Gasteiger partial charge in [0.05, 0.1) is 6.61 Å². The van der Waals surface area contributed by atoms with Crippen LogP contribution in [-0.2, 0) is 5.41 Å². The molecule has 1 fully saturated rings. The quantitative estimate of drug-likeness (QED) is 0.857. The van der Waals surface area contributed by atoms with Crippen LogP contribution >= 0.6 is 0 Å². The second-order valence-corrected chi connectivity index (χ2v) is 6.43. The molecule has 1 aromatic carbocycles. The molecule has 1 unspecified atom stereocenters. The summed E-state index contributed by atoms with van der Waals surface area (Å²) in [5.74, 6) is 0. The van der Waals surface area contributed by atoms with Gasteiger partial charge in [0.25, 0.3) is 0 Å². The average molecular weight is 262 g/mol. The zero-order valence-corrected chi connectivity index (χ0v) is 12.3. The Hall–Kier alpha value is -1.06. The van der Waals surface area contributed by atoms with Crippen molar-refractivity contribution < 1.29 is 5.11 Å². The first kappa shape index (κ1) is 14.4. The van der Waals surface area contributed by atoms with Crippen molar-refractivity contribution in [1.82, 2.24) is 5.32 Å². The van der Waals surface area contributed by atoms with Crippen molar-refractivity contribution >= 4 is 5.69 Å². The van der Waals surface area contributed by atoms with E-state index in [4.69, 9.17) is 0 Å². The summed E-state index contributed by atoms with van der Waals surface area (Å²) < 4.78 is 0. The average Bonchev–Trinajstić information content (AvgIpc) is 2.63. The first-order chi connectivity index (χ1) is 9.00. The maximum Gasteiger partial charge on any atom is 0.0601 e. The summed E-state index contributed by atoms with van der Waals surface area (Å²) >= 11 is 0. The van der Waals surface area contributed by atoms with E-state index in [1.807, 2.05) is 0 Å². The minimum atomic E-state index is 0.185. The number of hydrogen-bond donors (Lipinski definition) is 2. The second-order valence-electron chi connectivity index (χ2n) is 6.43. The SMILES string of the molecule is CC(C)(C)c1ccc(N2CCCNC(CO)C2)cc1. The maximum absolute atomic E-state index is 9.34.